The van der Waals surface area contributed by atoms with E-state index in [9.17, 15) is 9.59 Å². The summed E-state index contributed by atoms with van der Waals surface area (Å²) >= 11 is 1.69. The molecule has 0 saturated carbocycles. The van der Waals surface area contributed by atoms with Gasteiger partial charge in [-0.3, -0.25) is 14.7 Å². The van der Waals surface area contributed by atoms with Crippen LogP contribution in [0.1, 0.15) is 6.92 Å². The van der Waals surface area contributed by atoms with Crippen LogP contribution in [0, 0.1) is 0 Å². The zero-order chi connectivity index (χ0) is 17.8. The maximum atomic E-state index is 11.8. The van der Waals surface area contributed by atoms with E-state index >= 15 is 0 Å². The van der Waals surface area contributed by atoms with Crippen molar-refractivity contribution in [3.8, 4) is 11.1 Å². The van der Waals surface area contributed by atoms with Gasteiger partial charge in [-0.25, -0.2) is 0 Å². The molecule has 2 N–H and O–H groups in total. The number of aromatic amines is 1. The number of esters is 1. The fourth-order valence-electron chi connectivity index (χ4n) is 2.50. The number of hydrogen-bond acceptors (Lipinski definition) is 5. The van der Waals surface area contributed by atoms with Crippen LogP contribution in [-0.4, -0.2) is 34.9 Å². The fourth-order valence-corrected chi connectivity index (χ4v) is 3.12. The van der Waals surface area contributed by atoms with Gasteiger partial charge in [0.1, 0.15) is 0 Å². The van der Waals surface area contributed by atoms with Gasteiger partial charge in [0.15, 0.2) is 12.4 Å². The number of aromatic nitrogens is 2. The number of thioether (sulfide) groups is 1. The number of fused-ring (bicyclic) bond motifs is 1. The van der Waals surface area contributed by atoms with Crippen molar-refractivity contribution in [1.82, 2.24) is 10.2 Å². The zero-order valence-electron chi connectivity index (χ0n) is 13.8. The molecule has 0 fully saturated rings. The third-order valence-electron chi connectivity index (χ3n) is 3.65. The fraction of sp³-hybridized carbons (Fsp3) is 0.167. The Bertz CT molecular complexity index is 936. The Morgan fingerprint density at radius 3 is 2.80 bits per heavy atom. The second-order valence-corrected chi connectivity index (χ2v) is 6.21. The van der Waals surface area contributed by atoms with Gasteiger partial charge < -0.3 is 10.1 Å². The molecule has 1 amide bonds. The minimum Gasteiger partial charge on any atom is -0.456 e. The lowest BCUT2D eigenvalue weighted by Gasteiger charge is -2.07. The van der Waals surface area contributed by atoms with Crippen molar-refractivity contribution in [3.05, 3.63) is 42.5 Å². The molecule has 128 valence electrons. The van der Waals surface area contributed by atoms with Crippen LogP contribution in [0.4, 0.5) is 5.82 Å². The summed E-state index contributed by atoms with van der Waals surface area (Å²) < 4.78 is 4.68. The molecular weight excluding hydrogens is 338 g/mol. The first-order valence-electron chi connectivity index (χ1n) is 7.63. The minimum absolute atomic E-state index is 0.330. The SMILES string of the molecule is CSc1ccccc1-c1ccc2c(NC(=O)COC(C)=O)n[nH]c2c1. The highest BCUT2D eigenvalue weighted by Gasteiger charge is 2.12. The molecular formula is C18H17N3O3S. The van der Waals surface area contributed by atoms with Gasteiger partial charge in [-0.05, 0) is 35.6 Å². The molecule has 1 heterocycles. The van der Waals surface area contributed by atoms with E-state index in [-0.39, 0.29) is 6.61 Å². The highest BCUT2D eigenvalue weighted by Crippen LogP contribution is 2.32. The van der Waals surface area contributed by atoms with Crippen LogP contribution in [0.25, 0.3) is 22.0 Å². The number of amides is 1. The zero-order valence-corrected chi connectivity index (χ0v) is 14.6. The van der Waals surface area contributed by atoms with Crippen molar-refractivity contribution >= 4 is 40.4 Å². The summed E-state index contributed by atoms with van der Waals surface area (Å²) in [6.07, 6.45) is 2.05. The molecule has 0 atom stereocenters. The van der Waals surface area contributed by atoms with E-state index in [4.69, 9.17) is 0 Å². The summed E-state index contributed by atoms with van der Waals surface area (Å²) in [4.78, 5) is 23.7. The van der Waals surface area contributed by atoms with Gasteiger partial charge in [0, 0.05) is 17.2 Å². The molecule has 1 aromatic heterocycles. The van der Waals surface area contributed by atoms with E-state index in [1.807, 2.05) is 36.6 Å². The lowest BCUT2D eigenvalue weighted by molar-refractivity contribution is -0.144. The molecule has 3 aromatic rings. The largest absolute Gasteiger partial charge is 0.456 e. The van der Waals surface area contributed by atoms with Crippen molar-refractivity contribution in [2.75, 3.05) is 18.2 Å². The number of carbonyl (C=O) groups excluding carboxylic acids is 2. The minimum atomic E-state index is -0.501. The molecule has 0 spiro atoms. The first-order chi connectivity index (χ1) is 12.1. The number of ether oxygens (including phenoxy) is 1. The summed E-state index contributed by atoms with van der Waals surface area (Å²) in [6.45, 7) is 0.925. The van der Waals surface area contributed by atoms with Crippen LogP contribution in [0.3, 0.4) is 0 Å². The molecule has 0 aliphatic carbocycles. The van der Waals surface area contributed by atoms with Gasteiger partial charge in [0.25, 0.3) is 5.91 Å². The third kappa shape index (κ3) is 3.83. The Kier molecular flexibility index (Phi) is 5.04. The Hall–Kier alpha value is -2.80. The number of anilines is 1. The second-order valence-electron chi connectivity index (χ2n) is 5.36. The third-order valence-corrected chi connectivity index (χ3v) is 4.44. The number of carbonyl (C=O) groups is 2. The van der Waals surface area contributed by atoms with E-state index in [1.165, 1.54) is 11.8 Å². The lowest BCUT2D eigenvalue weighted by Crippen LogP contribution is -2.20. The van der Waals surface area contributed by atoms with Gasteiger partial charge in [-0.2, -0.15) is 5.10 Å². The van der Waals surface area contributed by atoms with Crippen LogP contribution in [0.5, 0.6) is 0 Å². The van der Waals surface area contributed by atoms with E-state index in [2.05, 4.69) is 32.4 Å². The molecule has 2 aromatic carbocycles. The molecule has 0 radical (unpaired) electrons. The molecule has 0 aliphatic rings. The quantitative estimate of drug-likeness (QED) is 0.541. The maximum Gasteiger partial charge on any atom is 0.303 e. The van der Waals surface area contributed by atoms with Gasteiger partial charge in [-0.1, -0.05) is 24.3 Å². The van der Waals surface area contributed by atoms with Crippen LogP contribution < -0.4 is 5.32 Å². The molecule has 0 saturated heterocycles. The summed E-state index contributed by atoms with van der Waals surface area (Å²) in [7, 11) is 0. The normalized spacial score (nSPS) is 10.6. The monoisotopic (exact) mass is 355 g/mol. The molecule has 3 rings (SSSR count). The highest BCUT2D eigenvalue weighted by atomic mass is 32.2. The molecule has 6 nitrogen and oxygen atoms in total. The van der Waals surface area contributed by atoms with Gasteiger partial charge in [0.2, 0.25) is 0 Å². The average molecular weight is 355 g/mol. The van der Waals surface area contributed by atoms with Gasteiger partial charge in [0.05, 0.1) is 5.52 Å². The van der Waals surface area contributed by atoms with Crippen LogP contribution in [-0.2, 0) is 14.3 Å². The van der Waals surface area contributed by atoms with Crippen molar-refractivity contribution in [1.29, 1.82) is 0 Å². The predicted molar refractivity (Wildman–Crippen MR) is 98.6 cm³/mol. The summed E-state index contributed by atoms with van der Waals surface area (Å²) in [5.74, 6) is -0.517. The number of hydrogen-bond donors (Lipinski definition) is 2. The standard InChI is InChI=1S/C18H17N3O3S/c1-11(22)24-10-17(23)19-18-14-8-7-12(9-15(14)20-21-18)13-5-3-4-6-16(13)25-2/h3-9H,10H2,1-2H3,(H2,19,20,21,23). The topological polar surface area (TPSA) is 84.1 Å². The average Bonchev–Trinajstić information content (AvgIpc) is 3.02. The Balaban J connectivity index is 1.86. The van der Waals surface area contributed by atoms with Gasteiger partial charge >= 0.3 is 5.97 Å². The van der Waals surface area contributed by atoms with Crippen LogP contribution in [0.2, 0.25) is 0 Å². The smallest absolute Gasteiger partial charge is 0.303 e. The van der Waals surface area contributed by atoms with Crippen LogP contribution in [0.15, 0.2) is 47.4 Å². The van der Waals surface area contributed by atoms with Crippen molar-refractivity contribution < 1.29 is 14.3 Å². The number of nitrogens with zero attached hydrogens (tertiary/aromatic N) is 1. The number of rotatable bonds is 5. The van der Waals surface area contributed by atoms with E-state index < -0.39 is 11.9 Å². The molecule has 0 aliphatic heterocycles. The number of nitrogens with one attached hydrogen (secondary N) is 2. The van der Waals surface area contributed by atoms with Crippen molar-refractivity contribution in [2.24, 2.45) is 0 Å². The first-order valence-corrected chi connectivity index (χ1v) is 8.85. The Morgan fingerprint density at radius 1 is 1.24 bits per heavy atom. The molecule has 0 bridgehead atoms. The maximum absolute atomic E-state index is 11.8. The Labute approximate surface area is 149 Å². The van der Waals surface area contributed by atoms with Crippen molar-refractivity contribution in [2.45, 2.75) is 11.8 Å². The molecule has 7 heteroatoms. The number of H-pyrrole nitrogens is 1. The van der Waals surface area contributed by atoms with E-state index in [1.54, 1.807) is 11.8 Å². The highest BCUT2D eigenvalue weighted by molar-refractivity contribution is 7.98. The molecule has 25 heavy (non-hydrogen) atoms. The van der Waals surface area contributed by atoms with E-state index in [0.29, 0.717) is 5.82 Å². The summed E-state index contributed by atoms with van der Waals surface area (Å²) in [5.41, 5.74) is 3.03. The second kappa shape index (κ2) is 7.40. The van der Waals surface area contributed by atoms with Crippen LogP contribution >= 0.6 is 11.8 Å². The van der Waals surface area contributed by atoms with E-state index in [0.717, 1.165) is 22.0 Å². The lowest BCUT2D eigenvalue weighted by atomic mass is 10.0. The summed E-state index contributed by atoms with van der Waals surface area (Å²) in [6, 6.07) is 14.1. The van der Waals surface area contributed by atoms with Gasteiger partial charge in [-0.15, -0.1) is 11.8 Å². The summed E-state index contributed by atoms with van der Waals surface area (Å²) in [5, 5.41) is 10.5. The Morgan fingerprint density at radius 2 is 2.04 bits per heavy atom. The van der Waals surface area contributed by atoms with Crippen molar-refractivity contribution in [3.63, 3.8) is 0 Å². The molecule has 0 unspecified atom stereocenters. The number of benzene rings is 2. The first kappa shape index (κ1) is 17.0. The predicted octanol–water partition coefficient (Wildman–Crippen LogP) is 3.45.